The van der Waals surface area contributed by atoms with Crippen LogP contribution in [0.4, 0.5) is 0 Å². The summed E-state index contributed by atoms with van der Waals surface area (Å²) >= 11 is 3.67. The third kappa shape index (κ3) is 8.23. The Kier molecular flexibility index (Phi) is 9.87. The lowest BCUT2D eigenvalue weighted by molar-refractivity contribution is 0.0664. The quantitative estimate of drug-likeness (QED) is 0.476. The van der Waals surface area contributed by atoms with Crippen molar-refractivity contribution < 1.29 is 9.47 Å². The highest BCUT2D eigenvalue weighted by molar-refractivity contribution is 9.09. The van der Waals surface area contributed by atoms with E-state index in [0.717, 1.165) is 24.9 Å². The fraction of sp³-hybridized carbons (Fsp3) is 1.00. The Morgan fingerprint density at radius 3 is 2.20 bits per heavy atom. The first-order chi connectivity index (χ1) is 7.09. The number of alkyl halides is 1. The smallest absolute Gasteiger partial charge is 0.0700 e. The third-order valence-electron chi connectivity index (χ3n) is 2.70. The molecule has 92 valence electrons. The molecule has 0 fully saturated rings. The molecule has 2 nitrogen and oxygen atoms in total. The van der Waals surface area contributed by atoms with E-state index in [-0.39, 0.29) is 0 Å². The van der Waals surface area contributed by atoms with Crippen molar-refractivity contribution in [3.63, 3.8) is 0 Å². The zero-order valence-corrected chi connectivity index (χ0v) is 12.0. The summed E-state index contributed by atoms with van der Waals surface area (Å²) in [6.45, 7) is 9.07. The molecule has 0 saturated heterocycles. The van der Waals surface area contributed by atoms with Crippen LogP contribution < -0.4 is 0 Å². The lowest BCUT2D eigenvalue weighted by Gasteiger charge is -2.23. The van der Waals surface area contributed by atoms with Gasteiger partial charge in [-0.05, 0) is 24.7 Å². The molecule has 0 spiro atoms. The molecule has 0 radical (unpaired) electrons. The molecule has 0 aromatic rings. The second-order valence-electron chi connectivity index (χ2n) is 4.33. The van der Waals surface area contributed by atoms with Gasteiger partial charge in [0.1, 0.15) is 0 Å². The maximum atomic E-state index is 5.44. The van der Waals surface area contributed by atoms with Crippen LogP contribution in [0, 0.1) is 11.8 Å². The van der Waals surface area contributed by atoms with Gasteiger partial charge in [-0.2, -0.15) is 0 Å². The minimum absolute atomic E-state index is 0.594. The zero-order valence-electron chi connectivity index (χ0n) is 10.5. The van der Waals surface area contributed by atoms with Crippen molar-refractivity contribution in [2.24, 2.45) is 11.8 Å². The van der Waals surface area contributed by atoms with E-state index < -0.39 is 0 Å². The topological polar surface area (TPSA) is 18.5 Å². The predicted molar refractivity (Wildman–Crippen MR) is 68.6 cm³/mol. The standard InChI is InChI=1S/C12H25BrO2/c1-10(2)12(11(3)13)6-5-7-15-9-8-14-4/h10-12H,5-9H2,1-4H3. The number of ether oxygens (including phenoxy) is 2. The summed E-state index contributed by atoms with van der Waals surface area (Å²) < 4.78 is 10.4. The lowest BCUT2D eigenvalue weighted by atomic mass is 9.89. The molecule has 0 aromatic heterocycles. The molecular weight excluding hydrogens is 256 g/mol. The summed E-state index contributed by atoms with van der Waals surface area (Å²) in [5.41, 5.74) is 0. The van der Waals surface area contributed by atoms with Gasteiger partial charge in [-0.3, -0.25) is 0 Å². The zero-order chi connectivity index (χ0) is 11.7. The molecule has 0 aromatic carbocycles. The Morgan fingerprint density at radius 2 is 1.73 bits per heavy atom. The molecule has 15 heavy (non-hydrogen) atoms. The van der Waals surface area contributed by atoms with E-state index in [9.17, 15) is 0 Å². The van der Waals surface area contributed by atoms with Gasteiger partial charge in [-0.15, -0.1) is 0 Å². The molecule has 2 atom stereocenters. The summed E-state index contributed by atoms with van der Waals surface area (Å²) in [5, 5.41) is 0. The van der Waals surface area contributed by atoms with E-state index >= 15 is 0 Å². The summed E-state index contributed by atoms with van der Waals surface area (Å²) in [7, 11) is 1.70. The van der Waals surface area contributed by atoms with E-state index in [2.05, 4.69) is 36.7 Å². The van der Waals surface area contributed by atoms with Crippen molar-refractivity contribution in [2.45, 2.75) is 38.4 Å². The first-order valence-electron chi connectivity index (χ1n) is 5.80. The molecule has 2 unspecified atom stereocenters. The van der Waals surface area contributed by atoms with Crippen LogP contribution in [0.3, 0.4) is 0 Å². The van der Waals surface area contributed by atoms with E-state index in [1.165, 1.54) is 6.42 Å². The Balaban J connectivity index is 3.46. The average molecular weight is 281 g/mol. The van der Waals surface area contributed by atoms with Crippen LogP contribution >= 0.6 is 15.9 Å². The molecule has 0 saturated carbocycles. The van der Waals surface area contributed by atoms with Crippen LogP contribution in [0.5, 0.6) is 0 Å². The van der Waals surface area contributed by atoms with Gasteiger partial charge in [-0.25, -0.2) is 0 Å². The van der Waals surface area contributed by atoms with Gasteiger partial charge in [0.2, 0.25) is 0 Å². The van der Waals surface area contributed by atoms with Gasteiger partial charge in [0.05, 0.1) is 13.2 Å². The number of methoxy groups -OCH3 is 1. The Bertz CT molecular complexity index is 130. The second kappa shape index (κ2) is 9.61. The maximum Gasteiger partial charge on any atom is 0.0700 e. The number of halogens is 1. The van der Waals surface area contributed by atoms with E-state index in [0.29, 0.717) is 18.0 Å². The minimum atomic E-state index is 0.594. The largest absolute Gasteiger partial charge is 0.382 e. The highest BCUT2D eigenvalue weighted by atomic mass is 79.9. The van der Waals surface area contributed by atoms with Gasteiger partial charge in [0.15, 0.2) is 0 Å². The van der Waals surface area contributed by atoms with Gasteiger partial charge < -0.3 is 9.47 Å². The molecule has 0 aliphatic carbocycles. The Hall–Kier alpha value is 0.400. The second-order valence-corrected chi connectivity index (χ2v) is 5.78. The summed E-state index contributed by atoms with van der Waals surface area (Å²) in [4.78, 5) is 0.594. The van der Waals surface area contributed by atoms with Gasteiger partial charge in [0.25, 0.3) is 0 Å². The molecular formula is C12H25BrO2. The van der Waals surface area contributed by atoms with Crippen LogP contribution in [0.2, 0.25) is 0 Å². The minimum Gasteiger partial charge on any atom is -0.382 e. The van der Waals surface area contributed by atoms with Crippen molar-refractivity contribution >= 4 is 15.9 Å². The van der Waals surface area contributed by atoms with Crippen molar-refractivity contribution in [3.05, 3.63) is 0 Å². The molecule has 0 N–H and O–H groups in total. The van der Waals surface area contributed by atoms with Crippen LogP contribution in [0.15, 0.2) is 0 Å². The monoisotopic (exact) mass is 280 g/mol. The highest BCUT2D eigenvalue weighted by Gasteiger charge is 2.17. The van der Waals surface area contributed by atoms with E-state index in [1.54, 1.807) is 7.11 Å². The SMILES string of the molecule is COCCOCCCC(C(C)C)C(C)Br. The van der Waals surface area contributed by atoms with Crippen molar-refractivity contribution in [2.75, 3.05) is 26.9 Å². The molecule has 3 heteroatoms. The van der Waals surface area contributed by atoms with Crippen molar-refractivity contribution in [1.29, 1.82) is 0 Å². The van der Waals surface area contributed by atoms with Crippen LogP contribution in [-0.4, -0.2) is 31.8 Å². The fourth-order valence-corrected chi connectivity index (χ4v) is 2.63. The number of hydrogen-bond donors (Lipinski definition) is 0. The van der Waals surface area contributed by atoms with Crippen molar-refractivity contribution in [1.82, 2.24) is 0 Å². The Labute approximate surface area is 103 Å². The van der Waals surface area contributed by atoms with Crippen LogP contribution in [0.1, 0.15) is 33.6 Å². The first kappa shape index (κ1) is 15.4. The summed E-state index contributed by atoms with van der Waals surface area (Å²) in [5.74, 6) is 1.48. The molecule has 0 rings (SSSR count). The number of rotatable bonds is 9. The molecule has 0 aliphatic rings. The van der Waals surface area contributed by atoms with Crippen molar-refractivity contribution in [3.8, 4) is 0 Å². The third-order valence-corrected chi connectivity index (χ3v) is 3.38. The molecule has 0 bridgehead atoms. The highest BCUT2D eigenvalue weighted by Crippen LogP contribution is 2.25. The maximum absolute atomic E-state index is 5.44. The lowest BCUT2D eigenvalue weighted by Crippen LogP contribution is -2.18. The van der Waals surface area contributed by atoms with Crippen LogP contribution in [0.25, 0.3) is 0 Å². The molecule has 0 amide bonds. The Morgan fingerprint density at radius 1 is 1.07 bits per heavy atom. The van der Waals surface area contributed by atoms with Gasteiger partial charge >= 0.3 is 0 Å². The normalized spacial score (nSPS) is 15.6. The average Bonchev–Trinajstić information content (AvgIpc) is 2.15. The van der Waals surface area contributed by atoms with Gasteiger partial charge in [-0.1, -0.05) is 36.7 Å². The molecule has 0 aliphatic heterocycles. The summed E-state index contributed by atoms with van der Waals surface area (Å²) in [6, 6.07) is 0. The van der Waals surface area contributed by atoms with Crippen LogP contribution in [-0.2, 0) is 9.47 Å². The predicted octanol–water partition coefficient (Wildman–Crippen LogP) is 3.49. The first-order valence-corrected chi connectivity index (χ1v) is 6.72. The van der Waals surface area contributed by atoms with E-state index in [1.807, 2.05) is 0 Å². The number of hydrogen-bond acceptors (Lipinski definition) is 2. The fourth-order valence-electron chi connectivity index (χ4n) is 1.76. The summed E-state index contributed by atoms with van der Waals surface area (Å²) in [6.07, 6.45) is 2.37. The molecule has 0 heterocycles. The van der Waals surface area contributed by atoms with Gasteiger partial charge in [0, 0.05) is 18.5 Å². The van der Waals surface area contributed by atoms with E-state index in [4.69, 9.17) is 9.47 Å².